The molecule has 0 radical (unpaired) electrons. The second kappa shape index (κ2) is 8.35. The van der Waals surface area contributed by atoms with Crippen LogP contribution in [0.5, 0.6) is 0 Å². The van der Waals surface area contributed by atoms with E-state index in [1.807, 2.05) is 6.07 Å². The van der Waals surface area contributed by atoms with Crippen LogP contribution in [0.4, 0.5) is 10.1 Å². The molecule has 1 saturated heterocycles. The van der Waals surface area contributed by atoms with E-state index in [2.05, 4.69) is 5.32 Å². The lowest BCUT2D eigenvalue weighted by Gasteiger charge is -2.34. The first kappa shape index (κ1) is 19.8. The largest absolute Gasteiger partial charge is 0.325 e. The van der Waals surface area contributed by atoms with Crippen molar-refractivity contribution in [3.05, 3.63) is 64.9 Å². The van der Waals surface area contributed by atoms with Crippen molar-refractivity contribution in [3.8, 4) is 0 Å². The molecule has 1 N–H and O–H groups in total. The Labute approximate surface area is 162 Å². The standard InChI is InChI=1S/C18H19ClFN3O3S/c19-15-4-1-3-14(11-15)12-22-9-2-10-23(27(22,25)26)13-18(24)21-17-7-5-16(20)6-8-17/h1,3-8,11H,2,9-10,12-13H2,(H,21,24). The summed E-state index contributed by atoms with van der Waals surface area (Å²) in [7, 11) is -3.77. The van der Waals surface area contributed by atoms with Crippen LogP contribution >= 0.6 is 11.6 Å². The van der Waals surface area contributed by atoms with E-state index in [-0.39, 0.29) is 19.6 Å². The Bertz CT molecular complexity index is 922. The average molecular weight is 412 g/mol. The maximum atomic E-state index is 12.9. The van der Waals surface area contributed by atoms with Gasteiger partial charge in [0.15, 0.2) is 0 Å². The maximum absolute atomic E-state index is 12.9. The van der Waals surface area contributed by atoms with E-state index < -0.39 is 21.9 Å². The minimum Gasteiger partial charge on any atom is -0.325 e. The van der Waals surface area contributed by atoms with Crippen LogP contribution in [0.2, 0.25) is 5.02 Å². The van der Waals surface area contributed by atoms with E-state index in [1.54, 1.807) is 18.2 Å². The SMILES string of the molecule is O=C(CN1CCCN(Cc2cccc(Cl)c2)S1(=O)=O)Nc1ccc(F)cc1. The number of halogens is 2. The highest BCUT2D eigenvalue weighted by Gasteiger charge is 2.34. The molecule has 0 spiro atoms. The number of rotatable bonds is 5. The van der Waals surface area contributed by atoms with Crippen molar-refractivity contribution < 1.29 is 17.6 Å². The Morgan fingerprint density at radius 2 is 1.81 bits per heavy atom. The van der Waals surface area contributed by atoms with Gasteiger partial charge in [0.25, 0.3) is 10.2 Å². The van der Waals surface area contributed by atoms with Crippen LogP contribution in [0.3, 0.4) is 0 Å². The molecule has 27 heavy (non-hydrogen) atoms. The summed E-state index contributed by atoms with van der Waals surface area (Å²) in [6.45, 7) is 0.543. The smallest absolute Gasteiger partial charge is 0.282 e. The van der Waals surface area contributed by atoms with Crippen LogP contribution in [0.1, 0.15) is 12.0 Å². The van der Waals surface area contributed by atoms with E-state index in [1.165, 1.54) is 28.6 Å². The first-order valence-electron chi connectivity index (χ1n) is 8.40. The number of anilines is 1. The van der Waals surface area contributed by atoms with Crippen molar-refractivity contribution >= 4 is 33.4 Å². The Morgan fingerprint density at radius 3 is 2.52 bits per heavy atom. The summed E-state index contributed by atoms with van der Waals surface area (Å²) in [5.41, 5.74) is 1.19. The Hall–Kier alpha value is -2.00. The van der Waals surface area contributed by atoms with Gasteiger partial charge in [-0.25, -0.2) is 4.39 Å². The highest BCUT2D eigenvalue weighted by atomic mass is 35.5. The van der Waals surface area contributed by atoms with Gasteiger partial charge in [-0.3, -0.25) is 4.79 Å². The van der Waals surface area contributed by atoms with Crippen molar-refractivity contribution in [3.63, 3.8) is 0 Å². The summed E-state index contributed by atoms with van der Waals surface area (Å²) in [6.07, 6.45) is 0.615. The van der Waals surface area contributed by atoms with E-state index in [0.29, 0.717) is 23.7 Å². The van der Waals surface area contributed by atoms with Gasteiger partial charge in [0.05, 0.1) is 6.54 Å². The van der Waals surface area contributed by atoms with E-state index in [4.69, 9.17) is 11.6 Å². The van der Waals surface area contributed by atoms with Crippen molar-refractivity contribution in [1.29, 1.82) is 0 Å². The molecule has 0 saturated carbocycles. The molecule has 144 valence electrons. The molecule has 0 bridgehead atoms. The Balaban J connectivity index is 1.66. The first-order chi connectivity index (χ1) is 12.8. The van der Waals surface area contributed by atoms with Crippen molar-refractivity contribution in [2.75, 3.05) is 25.0 Å². The highest BCUT2D eigenvalue weighted by molar-refractivity contribution is 7.86. The van der Waals surface area contributed by atoms with Crippen LogP contribution in [0, 0.1) is 5.82 Å². The monoisotopic (exact) mass is 411 g/mol. The number of benzene rings is 2. The molecule has 2 aromatic carbocycles. The number of carbonyl (C=O) groups excluding carboxylic acids is 1. The molecule has 6 nitrogen and oxygen atoms in total. The Morgan fingerprint density at radius 1 is 1.11 bits per heavy atom. The molecule has 1 aliphatic rings. The third kappa shape index (κ3) is 5.04. The fourth-order valence-electron chi connectivity index (χ4n) is 2.87. The molecular weight excluding hydrogens is 393 g/mol. The molecule has 1 heterocycles. The molecule has 0 atom stereocenters. The zero-order valence-corrected chi connectivity index (χ0v) is 16.0. The quantitative estimate of drug-likeness (QED) is 0.822. The molecule has 1 amide bonds. The van der Waals surface area contributed by atoms with Crippen LogP contribution in [-0.4, -0.2) is 42.6 Å². The van der Waals surface area contributed by atoms with Crippen molar-refractivity contribution in [2.45, 2.75) is 13.0 Å². The average Bonchev–Trinajstić information content (AvgIpc) is 2.61. The number of hydrogen-bond acceptors (Lipinski definition) is 3. The second-order valence-electron chi connectivity index (χ2n) is 6.21. The molecule has 0 aliphatic carbocycles. The zero-order chi connectivity index (χ0) is 19.4. The lowest BCUT2D eigenvalue weighted by molar-refractivity contribution is -0.116. The van der Waals surface area contributed by atoms with Crippen molar-refractivity contribution in [1.82, 2.24) is 8.61 Å². The summed E-state index contributed by atoms with van der Waals surface area (Å²) in [4.78, 5) is 12.2. The van der Waals surface area contributed by atoms with Gasteiger partial charge in [0.2, 0.25) is 5.91 Å². The predicted octanol–water partition coefficient (Wildman–Crippen LogP) is 2.87. The van der Waals surface area contributed by atoms with E-state index in [0.717, 1.165) is 9.87 Å². The Kier molecular flexibility index (Phi) is 6.11. The third-order valence-corrected chi connectivity index (χ3v) is 6.33. The molecule has 1 fully saturated rings. The minimum atomic E-state index is -3.77. The first-order valence-corrected chi connectivity index (χ1v) is 10.2. The van der Waals surface area contributed by atoms with Crippen LogP contribution in [0.15, 0.2) is 48.5 Å². The second-order valence-corrected chi connectivity index (χ2v) is 8.58. The summed E-state index contributed by atoms with van der Waals surface area (Å²) in [6, 6.07) is 12.3. The summed E-state index contributed by atoms with van der Waals surface area (Å²) in [5.74, 6) is -0.891. The number of nitrogens with zero attached hydrogens (tertiary/aromatic N) is 2. The molecular formula is C18H19ClFN3O3S. The van der Waals surface area contributed by atoms with E-state index >= 15 is 0 Å². The van der Waals surface area contributed by atoms with Crippen LogP contribution in [0.25, 0.3) is 0 Å². The van der Waals surface area contributed by atoms with Gasteiger partial charge in [0.1, 0.15) is 5.82 Å². The van der Waals surface area contributed by atoms with E-state index in [9.17, 15) is 17.6 Å². The molecule has 3 rings (SSSR count). The summed E-state index contributed by atoms with van der Waals surface area (Å²) >= 11 is 5.96. The molecule has 0 unspecified atom stereocenters. The number of nitrogens with one attached hydrogen (secondary N) is 1. The predicted molar refractivity (Wildman–Crippen MR) is 102 cm³/mol. The lowest BCUT2D eigenvalue weighted by Crippen LogP contribution is -2.51. The van der Waals surface area contributed by atoms with Gasteiger partial charge in [-0.2, -0.15) is 17.0 Å². The number of carbonyl (C=O) groups is 1. The topological polar surface area (TPSA) is 69.7 Å². The molecule has 9 heteroatoms. The maximum Gasteiger partial charge on any atom is 0.282 e. The van der Waals surface area contributed by atoms with Crippen LogP contribution < -0.4 is 5.32 Å². The molecule has 0 aromatic heterocycles. The highest BCUT2D eigenvalue weighted by Crippen LogP contribution is 2.21. The summed E-state index contributed by atoms with van der Waals surface area (Å²) < 4.78 is 41.1. The molecule has 2 aromatic rings. The van der Waals surface area contributed by atoms with Crippen molar-refractivity contribution in [2.24, 2.45) is 0 Å². The summed E-state index contributed by atoms with van der Waals surface area (Å²) in [5, 5.41) is 3.12. The van der Waals surface area contributed by atoms with Gasteiger partial charge < -0.3 is 5.32 Å². The van der Waals surface area contributed by atoms with Gasteiger partial charge in [-0.1, -0.05) is 23.7 Å². The molecule has 1 aliphatic heterocycles. The third-order valence-electron chi connectivity index (χ3n) is 4.16. The van der Waals surface area contributed by atoms with Gasteiger partial charge in [-0.15, -0.1) is 0 Å². The van der Waals surface area contributed by atoms with Gasteiger partial charge in [0, 0.05) is 30.3 Å². The zero-order valence-electron chi connectivity index (χ0n) is 14.4. The van der Waals surface area contributed by atoms with Gasteiger partial charge >= 0.3 is 0 Å². The fourth-order valence-corrected chi connectivity index (χ4v) is 4.72. The fraction of sp³-hybridized carbons (Fsp3) is 0.278. The van der Waals surface area contributed by atoms with Gasteiger partial charge in [-0.05, 0) is 48.4 Å². The number of amides is 1. The number of hydrogen-bond donors (Lipinski definition) is 1. The van der Waals surface area contributed by atoms with Crippen LogP contribution in [-0.2, 0) is 21.5 Å². The normalized spacial score (nSPS) is 17.6. The minimum absolute atomic E-state index is 0.193. The lowest BCUT2D eigenvalue weighted by atomic mass is 10.2.